The number of hydrogen-bond acceptors (Lipinski definition) is 3. The molecule has 108 valence electrons. The summed E-state index contributed by atoms with van der Waals surface area (Å²) < 4.78 is 0. The molecule has 20 heavy (non-hydrogen) atoms. The zero-order valence-corrected chi connectivity index (χ0v) is 13.5. The molecule has 0 unspecified atom stereocenters. The van der Waals surface area contributed by atoms with Crippen molar-refractivity contribution in [3.05, 3.63) is 51.7 Å². The number of aryl methyl sites for hydroxylation is 2. The summed E-state index contributed by atoms with van der Waals surface area (Å²) in [6.45, 7) is 7.44. The van der Waals surface area contributed by atoms with E-state index in [0.717, 1.165) is 26.1 Å². The number of rotatable bonds is 7. The zero-order valence-electron chi connectivity index (χ0n) is 12.6. The van der Waals surface area contributed by atoms with E-state index in [1.54, 1.807) is 0 Å². The zero-order chi connectivity index (χ0) is 14.4. The Morgan fingerprint density at radius 3 is 2.70 bits per heavy atom. The van der Waals surface area contributed by atoms with Gasteiger partial charge < -0.3 is 10.2 Å². The van der Waals surface area contributed by atoms with Crippen molar-refractivity contribution in [3.8, 4) is 0 Å². The smallest absolute Gasteiger partial charge is 0.0393 e. The van der Waals surface area contributed by atoms with Gasteiger partial charge in [0.25, 0.3) is 0 Å². The van der Waals surface area contributed by atoms with E-state index < -0.39 is 0 Å². The third-order valence-corrected chi connectivity index (χ3v) is 4.45. The first-order valence-electron chi connectivity index (χ1n) is 7.18. The maximum atomic E-state index is 3.52. The summed E-state index contributed by atoms with van der Waals surface area (Å²) in [5, 5.41) is 5.66. The minimum absolute atomic E-state index is 1.02. The summed E-state index contributed by atoms with van der Waals surface area (Å²) in [5.41, 5.74) is 4.01. The molecule has 0 bridgehead atoms. The third-order valence-electron chi connectivity index (χ3n) is 3.52. The van der Waals surface area contributed by atoms with Gasteiger partial charge in [0.15, 0.2) is 0 Å². The van der Waals surface area contributed by atoms with Crippen molar-refractivity contribution in [2.24, 2.45) is 0 Å². The predicted molar refractivity (Wildman–Crippen MR) is 90.1 cm³/mol. The Morgan fingerprint density at radius 2 is 2.00 bits per heavy atom. The highest BCUT2D eigenvalue weighted by Gasteiger charge is 2.04. The largest absolute Gasteiger partial charge is 0.373 e. The molecule has 0 fully saturated rings. The van der Waals surface area contributed by atoms with Crippen LogP contribution in [0.4, 0.5) is 5.69 Å². The van der Waals surface area contributed by atoms with Crippen molar-refractivity contribution in [1.82, 2.24) is 5.32 Å². The lowest BCUT2D eigenvalue weighted by atomic mass is 10.1. The first-order chi connectivity index (χ1) is 9.66. The molecule has 1 aromatic heterocycles. The van der Waals surface area contributed by atoms with Crippen molar-refractivity contribution < 1.29 is 0 Å². The molecule has 0 radical (unpaired) electrons. The van der Waals surface area contributed by atoms with E-state index in [9.17, 15) is 0 Å². The van der Waals surface area contributed by atoms with Crippen LogP contribution in [-0.4, -0.2) is 26.7 Å². The average Bonchev–Trinajstić information content (AvgIpc) is 2.91. The summed E-state index contributed by atoms with van der Waals surface area (Å²) in [4.78, 5) is 3.78. The lowest BCUT2D eigenvalue weighted by molar-refractivity contribution is 0.678. The fraction of sp³-hybridized carbons (Fsp3) is 0.412. The van der Waals surface area contributed by atoms with Gasteiger partial charge in [0.2, 0.25) is 0 Å². The van der Waals surface area contributed by atoms with Crippen LogP contribution in [-0.2, 0) is 6.42 Å². The molecule has 2 rings (SSSR count). The van der Waals surface area contributed by atoms with E-state index in [4.69, 9.17) is 0 Å². The molecule has 1 heterocycles. The molecule has 0 spiro atoms. The van der Waals surface area contributed by atoms with Gasteiger partial charge in [-0.2, -0.15) is 0 Å². The van der Waals surface area contributed by atoms with Crippen LogP contribution in [0, 0.1) is 13.8 Å². The third kappa shape index (κ3) is 4.36. The van der Waals surface area contributed by atoms with Gasteiger partial charge in [0, 0.05) is 37.2 Å². The Labute approximate surface area is 126 Å². The number of anilines is 1. The van der Waals surface area contributed by atoms with E-state index >= 15 is 0 Å². The standard InChI is InChI=1S/C17H24N2S/c1-14-6-7-17(15(2)13-14)19(3)11-10-18-9-8-16-5-4-12-20-16/h4-7,12-13,18H,8-11H2,1-3H3. The van der Waals surface area contributed by atoms with Gasteiger partial charge in [-0.3, -0.25) is 0 Å². The number of benzene rings is 1. The van der Waals surface area contributed by atoms with Crippen LogP contribution in [0.1, 0.15) is 16.0 Å². The fourth-order valence-corrected chi connectivity index (χ4v) is 3.10. The summed E-state index contributed by atoms with van der Waals surface area (Å²) in [7, 11) is 2.17. The fourth-order valence-electron chi connectivity index (χ4n) is 2.39. The van der Waals surface area contributed by atoms with Crippen LogP contribution < -0.4 is 10.2 Å². The van der Waals surface area contributed by atoms with Gasteiger partial charge in [0.05, 0.1) is 0 Å². The van der Waals surface area contributed by atoms with E-state index in [-0.39, 0.29) is 0 Å². The molecule has 2 aromatic rings. The van der Waals surface area contributed by atoms with Crippen molar-refractivity contribution in [3.63, 3.8) is 0 Å². The normalized spacial score (nSPS) is 10.8. The Kier molecular flexibility index (Phi) is 5.62. The summed E-state index contributed by atoms with van der Waals surface area (Å²) in [6.07, 6.45) is 1.13. The van der Waals surface area contributed by atoms with Gasteiger partial charge in [-0.25, -0.2) is 0 Å². The van der Waals surface area contributed by atoms with Gasteiger partial charge in [0.1, 0.15) is 0 Å². The van der Waals surface area contributed by atoms with Gasteiger partial charge in [-0.1, -0.05) is 23.8 Å². The summed E-state index contributed by atoms with van der Waals surface area (Å²) >= 11 is 1.84. The first-order valence-corrected chi connectivity index (χ1v) is 8.06. The predicted octanol–water partition coefficient (Wildman–Crippen LogP) is 3.63. The molecule has 2 nitrogen and oxygen atoms in total. The molecule has 0 saturated heterocycles. The highest BCUT2D eigenvalue weighted by atomic mass is 32.1. The Morgan fingerprint density at radius 1 is 1.15 bits per heavy atom. The topological polar surface area (TPSA) is 15.3 Å². The minimum atomic E-state index is 1.02. The SMILES string of the molecule is Cc1ccc(N(C)CCNCCc2cccs2)c(C)c1. The summed E-state index contributed by atoms with van der Waals surface area (Å²) in [5.74, 6) is 0. The number of likely N-dealkylation sites (N-methyl/N-ethyl adjacent to an activating group) is 1. The lowest BCUT2D eigenvalue weighted by Gasteiger charge is -2.22. The van der Waals surface area contributed by atoms with Crippen molar-refractivity contribution in [1.29, 1.82) is 0 Å². The van der Waals surface area contributed by atoms with E-state index in [1.807, 2.05) is 11.3 Å². The highest BCUT2D eigenvalue weighted by molar-refractivity contribution is 7.09. The van der Waals surface area contributed by atoms with Crippen LogP contribution in [0.5, 0.6) is 0 Å². The molecular formula is C17H24N2S. The van der Waals surface area contributed by atoms with Crippen molar-refractivity contribution >= 4 is 17.0 Å². The minimum Gasteiger partial charge on any atom is -0.373 e. The molecule has 0 saturated carbocycles. The van der Waals surface area contributed by atoms with Crippen molar-refractivity contribution in [2.45, 2.75) is 20.3 Å². The van der Waals surface area contributed by atoms with Crippen molar-refractivity contribution in [2.75, 3.05) is 31.6 Å². The maximum absolute atomic E-state index is 3.52. The second-order valence-corrected chi connectivity index (χ2v) is 6.32. The first kappa shape index (κ1) is 15.1. The quantitative estimate of drug-likeness (QED) is 0.783. The molecule has 0 aliphatic carbocycles. The molecular weight excluding hydrogens is 264 g/mol. The number of nitrogens with zero attached hydrogens (tertiary/aromatic N) is 1. The average molecular weight is 288 g/mol. The molecule has 0 amide bonds. The molecule has 1 N–H and O–H groups in total. The molecule has 3 heteroatoms. The highest BCUT2D eigenvalue weighted by Crippen LogP contribution is 2.19. The van der Waals surface area contributed by atoms with E-state index in [1.165, 1.54) is 21.7 Å². The van der Waals surface area contributed by atoms with E-state index in [2.05, 4.69) is 66.8 Å². The summed E-state index contributed by atoms with van der Waals surface area (Å²) in [6, 6.07) is 11.0. The second kappa shape index (κ2) is 7.46. The van der Waals surface area contributed by atoms with Crippen LogP contribution in [0.3, 0.4) is 0 Å². The Hall–Kier alpha value is -1.32. The molecule has 0 aliphatic rings. The molecule has 0 atom stereocenters. The van der Waals surface area contributed by atoms with Gasteiger partial charge in [-0.15, -0.1) is 11.3 Å². The Balaban J connectivity index is 1.70. The van der Waals surface area contributed by atoms with Gasteiger partial charge >= 0.3 is 0 Å². The lowest BCUT2D eigenvalue weighted by Crippen LogP contribution is -2.30. The monoisotopic (exact) mass is 288 g/mol. The molecule has 0 aliphatic heterocycles. The Bertz CT molecular complexity index is 520. The van der Waals surface area contributed by atoms with Crippen LogP contribution >= 0.6 is 11.3 Å². The van der Waals surface area contributed by atoms with Crippen LogP contribution in [0.15, 0.2) is 35.7 Å². The van der Waals surface area contributed by atoms with Crippen LogP contribution in [0.2, 0.25) is 0 Å². The maximum Gasteiger partial charge on any atom is 0.0393 e. The second-order valence-electron chi connectivity index (χ2n) is 5.29. The number of nitrogens with one attached hydrogen (secondary N) is 1. The van der Waals surface area contributed by atoms with Crippen LogP contribution in [0.25, 0.3) is 0 Å². The number of hydrogen-bond donors (Lipinski definition) is 1. The van der Waals surface area contributed by atoms with Gasteiger partial charge in [-0.05, 0) is 43.3 Å². The number of thiophene rings is 1. The van der Waals surface area contributed by atoms with E-state index in [0.29, 0.717) is 0 Å². The molecule has 1 aromatic carbocycles.